The van der Waals surface area contributed by atoms with Crippen molar-refractivity contribution in [2.75, 3.05) is 0 Å². The van der Waals surface area contributed by atoms with Gasteiger partial charge in [0.2, 0.25) is 0 Å². The smallest absolute Gasteiger partial charge is 0.326 e. The maximum absolute atomic E-state index is 11.4. The maximum atomic E-state index is 11.4. The molecule has 104 valence electrons. The Morgan fingerprint density at radius 3 is 2.58 bits per heavy atom. The number of aryl methyl sites for hydroxylation is 1. The zero-order chi connectivity index (χ0) is 14.4. The Kier molecular flexibility index (Phi) is 4.86. The van der Waals surface area contributed by atoms with Gasteiger partial charge in [-0.25, -0.2) is 9.59 Å². The zero-order valence-electron chi connectivity index (χ0n) is 10.0. The lowest BCUT2D eigenvalue weighted by Gasteiger charge is -2.12. The molecular formula is C10H13N3O6. The molecule has 19 heavy (non-hydrogen) atoms. The first-order chi connectivity index (χ1) is 8.88. The van der Waals surface area contributed by atoms with Gasteiger partial charge < -0.3 is 25.4 Å². The van der Waals surface area contributed by atoms with E-state index in [0.29, 0.717) is 11.5 Å². The van der Waals surface area contributed by atoms with E-state index in [1.807, 2.05) is 5.32 Å². The van der Waals surface area contributed by atoms with Gasteiger partial charge in [0.25, 0.3) is 0 Å². The Bertz CT molecular complexity index is 483. The van der Waals surface area contributed by atoms with Gasteiger partial charge >= 0.3 is 18.0 Å². The van der Waals surface area contributed by atoms with Crippen LogP contribution in [0.5, 0.6) is 0 Å². The quantitative estimate of drug-likeness (QED) is 0.556. The second-order valence-electron chi connectivity index (χ2n) is 3.74. The predicted molar refractivity (Wildman–Crippen MR) is 60.3 cm³/mol. The van der Waals surface area contributed by atoms with Crippen LogP contribution in [0.4, 0.5) is 4.79 Å². The minimum absolute atomic E-state index is 0.0442. The first-order valence-electron chi connectivity index (χ1n) is 5.29. The van der Waals surface area contributed by atoms with Crippen molar-refractivity contribution in [1.29, 1.82) is 0 Å². The standard InChI is InChI=1S/C10H13N3O6/c1-5-2-6(13-19-5)4-11-10(18)12-7(9(16)17)3-8(14)15/h2,7H,3-4H2,1H3,(H,14,15)(H,16,17)(H2,11,12,18)/t7-/m0/s1. The summed E-state index contributed by atoms with van der Waals surface area (Å²) < 4.78 is 4.78. The number of aromatic nitrogens is 1. The fourth-order valence-electron chi connectivity index (χ4n) is 1.26. The molecule has 4 N–H and O–H groups in total. The zero-order valence-corrected chi connectivity index (χ0v) is 10.0. The van der Waals surface area contributed by atoms with E-state index in [-0.39, 0.29) is 6.54 Å². The van der Waals surface area contributed by atoms with Crippen molar-refractivity contribution in [3.05, 3.63) is 17.5 Å². The minimum atomic E-state index is -1.49. The molecular weight excluding hydrogens is 258 g/mol. The van der Waals surface area contributed by atoms with Gasteiger partial charge in [-0.05, 0) is 6.92 Å². The van der Waals surface area contributed by atoms with Gasteiger partial charge in [-0.2, -0.15) is 0 Å². The Hall–Kier alpha value is -2.58. The van der Waals surface area contributed by atoms with Gasteiger partial charge in [-0.1, -0.05) is 5.16 Å². The van der Waals surface area contributed by atoms with E-state index in [4.69, 9.17) is 14.7 Å². The van der Waals surface area contributed by atoms with Crippen molar-refractivity contribution < 1.29 is 29.1 Å². The number of amides is 2. The molecule has 0 fully saturated rings. The summed E-state index contributed by atoms with van der Waals surface area (Å²) in [6.07, 6.45) is -0.703. The summed E-state index contributed by atoms with van der Waals surface area (Å²) in [5, 5.41) is 25.2. The van der Waals surface area contributed by atoms with Crippen molar-refractivity contribution in [2.45, 2.75) is 25.9 Å². The average Bonchev–Trinajstić information content (AvgIpc) is 2.71. The highest BCUT2D eigenvalue weighted by Crippen LogP contribution is 2.00. The van der Waals surface area contributed by atoms with Crippen molar-refractivity contribution >= 4 is 18.0 Å². The molecule has 0 saturated heterocycles. The molecule has 0 aliphatic rings. The molecule has 2 amide bonds. The number of carboxylic acids is 2. The topological polar surface area (TPSA) is 142 Å². The summed E-state index contributed by atoms with van der Waals surface area (Å²) in [4.78, 5) is 32.5. The second kappa shape index (κ2) is 6.38. The Labute approximate surface area is 107 Å². The highest BCUT2D eigenvalue weighted by Gasteiger charge is 2.22. The van der Waals surface area contributed by atoms with Crippen LogP contribution in [0.25, 0.3) is 0 Å². The van der Waals surface area contributed by atoms with E-state index < -0.39 is 30.4 Å². The van der Waals surface area contributed by atoms with E-state index >= 15 is 0 Å². The molecule has 1 aromatic rings. The Morgan fingerprint density at radius 2 is 2.11 bits per heavy atom. The van der Waals surface area contributed by atoms with Crippen LogP contribution in [-0.4, -0.2) is 39.4 Å². The number of carboxylic acid groups (broad SMARTS) is 2. The maximum Gasteiger partial charge on any atom is 0.326 e. The largest absolute Gasteiger partial charge is 0.481 e. The first-order valence-corrected chi connectivity index (χ1v) is 5.29. The number of nitrogens with one attached hydrogen (secondary N) is 2. The lowest BCUT2D eigenvalue weighted by molar-refractivity contribution is -0.145. The van der Waals surface area contributed by atoms with Crippen LogP contribution < -0.4 is 10.6 Å². The highest BCUT2D eigenvalue weighted by molar-refractivity contribution is 5.86. The summed E-state index contributed by atoms with van der Waals surface area (Å²) in [5.74, 6) is -2.17. The fourth-order valence-corrected chi connectivity index (χ4v) is 1.26. The molecule has 0 radical (unpaired) electrons. The van der Waals surface area contributed by atoms with Crippen molar-refractivity contribution in [1.82, 2.24) is 15.8 Å². The molecule has 0 aliphatic carbocycles. The fraction of sp³-hybridized carbons (Fsp3) is 0.400. The molecule has 9 heteroatoms. The summed E-state index contributed by atoms with van der Waals surface area (Å²) in [5.41, 5.74) is 0.470. The van der Waals surface area contributed by atoms with E-state index in [2.05, 4.69) is 10.5 Å². The van der Waals surface area contributed by atoms with E-state index in [1.165, 1.54) is 0 Å². The van der Waals surface area contributed by atoms with Crippen molar-refractivity contribution in [2.24, 2.45) is 0 Å². The third kappa shape index (κ3) is 5.06. The molecule has 1 rings (SSSR count). The van der Waals surface area contributed by atoms with Crippen LogP contribution in [0.2, 0.25) is 0 Å². The SMILES string of the molecule is Cc1cc(CNC(=O)N[C@@H](CC(=O)O)C(=O)O)no1. The van der Waals surface area contributed by atoms with Gasteiger partial charge in [-0.15, -0.1) is 0 Å². The molecule has 0 saturated carbocycles. The summed E-state index contributed by atoms with van der Waals surface area (Å²) in [6, 6.07) is -0.683. The Morgan fingerprint density at radius 1 is 1.42 bits per heavy atom. The third-order valence-corrected chi connectivity index (χ3v) is 2.09. The van der Waals surface area contributed by atoms with Crippen LogP contribution in [0.1, 0.15) is 17.9 Å². The molecule has 0 aromatic carbocycles. The molecule has 0 bridgehead atoms. The number of hydrogen-bond donors (Lipinski definition) is 4. The number of hydrogen-bond acceptors (Lipinski definition) is 5. The summed E-state index contributed by atoms with van der Waals surface area (Å²) in [7, 11) is 0. The number of urea groups is 1. The number of carbonyl (C=O) groups excluding carboxylic acids is 1. The van der Waals surface area contributed by atoms with Gasteiger partial charge in [0.15, 0.2) is 0 Å². The monoisotopic (exact) mass is 271 g/mol. The lowest BCUT2D eigenvalue weighted by atomic mass is 10.2. The number of carbonyl (C=O) groups is 3. The average molecular weight is 271 g/mol. The molecule has 1 aromatic heterocycles. The molecule has 1 heterocycles. The summed E-state index contributed by atoms with van der Waals surface area (Å²) >= 11 is 0. The van der Waals surface area contributed by atoms with Crippen LogP contribution in [0, 0.1) is 6.92 Å². The van der Waals surface area contributed by atoms with Gasteiger partial charge in [0, 0.05) is 6.07 Å². The molecule has 1 atom stereocenters. The van der Waals surface area contributed by atoms with Crippen molar-refractivity contribution in [3.63, 3.8) is 0 Å². The predicted octanol–water partition coefficient (Wildman–Crippen LogP) is -0.290. The van der Waals surface area contributed by atoms with Gasteiger partial charge in [0.05, 0.1) is 13.0 Å². The van der Waals surface area contributed by atoms with Gasteiger partial charge in [0.1, 0.15) is 17.5 Å². The van der Waals surface area contributed by atoms with Crippen LogP contribution in [0.15, 0.2) is 10.6 Å². The first kappa shape index (κ1) is 14.5. The van der Waals surface area contributed by atoms with E-state index in [1.54, 1.807) is 13.0 Å². The second-order valence-corrected chi connectivity index (χ2v) is 3.74. The minimum Gasteiger partial charge on any atom is -0.481 e. The Balaban J connectivity index is 2.44. The normalized spacial score (nSPS) is 11.6. The summed E-state index contributed by atoms with van der Waals surface area (Å²) in [6.45, 7) is 1.73. The molecule has 9 nitrogen and oxygen atoms in total. The number of nitrogens with zero attached hydrogens (tertiary/aromatic N) is 1. The molecule has 0 spiro atoms. The lowest BCUT2D eigenvalue weighted by Crippen LogP contribution is -2.46. The van der Waals surface area contributed by atoms with E-state index in [0.717, 1.165) is 0 Å². The van der Waals surface area contributed by atoms with Crippen LogP contribution in [-0.2, 0) is 16.1 Å². The number of rotatable bonds is 6. The number of aliphatic carboxylic acids is 2. The van der Waals surface area contributed by atoms with E-state index in [9.17, 15) is 14.4 Å². The highest BCUT2D eigenvalue weighted by atomic mass is 16.5. The van der Waals surface area contributed by atoms with Crippen LogP contribution >= 0.6 is 0 Å². The van der Waals surface area contributed by atoms with Gasteiger partial charge in [-0.3, -0.25) is 4.79 Å². The van der Waals surface area contributed by atoms with Crippen LogP contribution in [0.3, 0.4) is 0 Å². The molecule has 0 unspecified atom stereocenters. The molecule has 0 aliphatic heterocycles. The third-order valence-electron chi connectivity index (χ3n) is 2.09. The van der Waals surface area contributed by atoms with Crippen molar-refractivity contribution in [3.8, 4) is 0 Å².